The van der Waals surface area contributed by atoms with Gasteiger partial charge < -0.3 is 4.74 Å². The molecule has 21 heavy (non-hydrogen) atoms. The van der Waals surface area contributed by atoms with E-state index in [0.29, 0.717) is 10.3 Å². The normalized spacial score (nSPS) is 11.4. The van der Waals surface area contributed by atoms with Gasteiger partial charge in [0.05, 0.1) is 23.0 Å². The second-order valence-electron chi connectivity index (χ2n) is 4.00. The molecular formula is C12H11BrClN3O3S. The molecule has 0 radical (unpaired) electrons. The first-order chi connectivity index (χ1) is 9.92. The number of methoxy groups -OCH3 is 1. The third-order valence-electron chi connectivity index (χ3n) is 2.45. The zero-order valence-electron chi connectivity index (χ0n) is 10.9. The molecule has 0 spiro atoms. The predicted octanol–water partition coefficient (Wildman–Crippen LogP) is 2.84. The van der Waals surface area contributed by atoms with Crippen LogP contribution in [0.4, 0.5) is 5.69 Å². The van der Waals surface area contributed by atoms with Crippen LogP contribution in [0.1, 0.15) is 5.69 Å². The van der Waals surface area contributed by atoms with Gasteiger partial charge in [-0.05, 0) is 34.1 Å². The first kappa shape index (κ1) is 16.2. The van der Waals surface area contributed by atoms with E-state index in [-0.39, 0.29) is 22.2 Å². The molecule has 1 N–H and O–H groups in total. The Morgan fingerprint density at radius 2 is 2.14 bits per heavy atom. The maximum Gasteiger partial charge on any atom is 0.263 e. The minimum atomic E-state index is -3.83. The fraction of sp³-hybridized carbons (Fsp3) is 0.167. The van der Waals surface area contributed by atoms with Crippen molar-refractivity contribution >= 4 is 43.2 Å². The molecule has 9 heteroatoms. The number of sulfonamides is 1. The zero-order chi connectivity index (χ0) is 15.5. The van der Waals surface area contributed by atoms with Gasteiger partial charge in [-0.15, -0.1) is 0 Å². The predicted molar refractivity (Wildman–Crippen MR) is 82.7 cm³/mol. The van der Waals surface area contributed by atoms with Crippen LogP contribution in [-0.2, 0) is 21.4 Å². The largest absolute Gasteiger partial charge is 0.378 e. The van der Waals surface area contributed by atoms with Crippen molar-refractivity contribution in [2.45, 2.75) is 11.5 Å². The Morgan fingerprint density at radius 3 is 2.81 bits per heavy atom. The van der Waals surface area contributed by atoms with Crippen LogP contribution in [0.25, 0.3) is 0 Å². The van der Waals surface area contributed by atoms with Gasteiger partial charge in [-0.2, -0.15) is 0 Å². The number of nitrogens with one attached hydrogen (secondary N) is 1. The number of pyridine rings is 2. The smallest absolute Gasteiger partial charge is 0.263 e. The average molecular weight is 393 g/mol. The number of ether oxygens (including phenoxy) is 1. The van der Waals surface area contributed by atoms with Crippen molar-refractivity contribution in [2.75, 3.05) is 11.8 Å². The van der Waals surface area contributed by atoms with E-state index in [9.17, 15) is 8.42 Å². The van der Waals surface area contributed by atoms with Crippen LogP contribution in [0.5, 0.6) is 0 Å². The molecule has 0 aromatic carbocycles. The van der Waals surface area contributed by atoms with Crippen LogP contribution >= 0.6 is 27.5 Å². The van der Waals surface area contributed by atoms with Crippen molar-refractivity contribution in [3.05, 3.63) is 45.9 Å². The van der Waals surface area contributed by atoms with E-state index >= 15 is 0 Å². The molecule has 0 aliphatic heterocycles. The molecule has 0 fully saturated rings. The lowest BCUT2D eigenvalue weighted by atomic mass is 10.4. The van der Waals surface area contributed by atoms with Crippen LogP contribution < -0.4 is 4.72 Å². The lowest BCUT2D eigenvalue weighted by Crippen LogP contribution is -2.16. The van der Waals surface area contributed by atoms with Gasteiger partial charge in [-0.25, -0.2) is 13.4 Å². The third-order valence-corrected chi connectivity index (χ3v) is 4.52. The van der Waals surface area contributed by atoms with Crippen molar-refractivity contribution in [1.29, 1.82) is 0 Å². The number of hydrogen-bond acceptors (Lipinski definition) is 5. The highest BCUT2D eigenvalue weighted by Crippen LogP contribution is 2.23. The van der Waals surface area contributed by atoms with Crippen molar-refractivity contribution in [3.63, 3.8) is 0 Å². The molecule has 0 saturated heterocycles. The number of anilines is 1. The topological polar surface area (TPSA) is 81.2 Å². The van der Waals surface area contributed by atoms with Gasteiger partial charge in [0.25, 0.3) is 10.0 Å². The van der Waals surface area contributed by atoms with E-state index in [1.54, 1.807) is 6.07 Å². The third kappa shape index (κ3) is 4.13. The number of halogens is 2. The summed E-state index contributed by atoms with van der Waals surface area (Å²) in [5.74, 6) is 0. The Kier molecular flexibility index (Phi) is 5.15. The van der Waals surface area contributed by atoms with E-state index in [1.807, 2.05) is 0 Å². The van der Waals surface area contributed by atoms with Crippen LogP contribution in [-0.4, -0.2) is 25.5 Å². The molecule has 0 aliphatic rings. The van der Waals surface area contributed by atoms with E-state index in [0.717, 1.165) is 0 Å². The van der Waals surface area contributed by atoms with Gasteiger partial charge in [0.15, 0.2) is 0 Å². The highest BCUT2D eigenvalue weighted by Gasteiger charge is 2.20. The number of hydrogen-bond donors (Lipinski definition) is 1. The molecule has 0 aliphatic carbocycles. The molecule has 6 nitrogen and oxygen atoms in total. The molecule has 2 rings (SSSR count). The molecule has 0 bridgehead atoms. The number of aromatic nitrogens is 2. The Balaban J connectivity index is 2.41. The van der Waals surface area contributed by atoms with Gasteiger partial charge in [0, 0.05) is 19.5 Å². The van der Waals surface area contributed by atoms with Crippen LogP contribution in [0.3, 0.4) is 0 Å². The van der Waals surface area contributed by atoms with Gasteiger partial charge in [0.1, 0.15) is 9.50 Å². The summed E-state index contributed by atoms with van der Waals surface area (Å²) < 4.78 is 32.8. The van der Waals surface area contributed by atoms with E-state index in [2.05, 4.69) is 30.6 Å². The lowest BCUT2D eigenvalue weighted by Gasteiger charge is -2.11. The Labute approximate surface area is 135 Å². The van der Waals surface area contributed by atoms with Crippen LogP contribution in [0.2, 0.25) is 5.02 Å². The van der Waals surface area contributed by atoms with Crippen LogP contribution in [0.15, 0.2) is 40.1 Å². The average Bonchev–Trinajstić information content (AvgIpc) is 2.40. The quantitative estimate of drug-likeness (QED) is 0.791. The zero-order valence-corrected chi connectivity index (χ0v) is 14.0. The SMILES string of the molecule is COCc1ncc(Cl)cc1S(=O)(=O)Nc1ccnc(Br)c1. The standard InChI is InChI=1S/C12H11BrClN3O3S/c1-20-7-10-11(4-8(14)6-16-10)21(18,19)17-9-2-3-15-12(13)5-9/h2-6H,7H2,1H3,(H,15,17). The van der Waals surface area contributed by atoms with Gasteiger partial charge in [0.2, 0.25) is 0 Å². The molecule has 2 heterocycles. The molecule has 2 aromatic rings. The summed E-state index contributed by atoms with van der Waals surface area (Å²) in [5, 5.41) is 0.228. The summed E-state index contributed by atoms with van der Waals surface area (Å²) in [5.41, 5.74) is 0.655. The summed E-state index contributed by atoms with van der Waals surface area (Å²) in [6, 6.07) is 4.42. The summed E-state index contributed by atoms with van der Waals surface area (Å²) >= 11 is 9.02. The molecule has 0 unspecified atom stereocenters. The van der Waals surface area contributed by atoms with Crippen molar-refractivity contribution in [2.24, 2.45) is 0 Å². The van der Waals surface area contributed by atoms with Crippen molar-refractivity contribution in [1.82, 2.24) is 9.97 Å². The first-order valence-electron chi connectivity index (χ1n) is 5.70. The Hall–Kier alpha value is -1.22. The van der Waals surface area contributed by atoms with Gasteiger partial charge in [-0.3, -0.25) is 9.71 Å². The minimum absolute atomic E-state index is 0.0233. The Bertz CT molecular complexity index is 755. The lowest BCUT2D eigenvalue weighted by molar-refractivity contribution is 0.179. The summed E-state index contributed by atoms with van der Waals surface area (Å²) in [6.45, 7) is 0.0629. The van der Waals surface area contributed by atoms with E-state index < -0.39 is 10.0 Å². The second-order valence-corrected chi connectivity index (χ2v) is 6.90. The molecule has 112 valence electrons. The monoisotopic (exact) mass is 391 g/mol. The maximum absolute atomic E-state index is 12.5. The first-order valence-corrected chi connectivity index (χ1v) is 8.35. The minimum Gasteiger partial charge on any atom is -0.378 e. The summed E-state index contributed by atoms with van der Waals surface area (Å²) in [4.78, 5) is 7.90. The highest BCUT2D eigenvalue weighted by atomic mass is 79.9. The fourth-order valence-corrected chi connectivity index (χ4v) is 3.44. The van der Waals surface area contributed by atoms with E-state index in [4.69, 9.17) is 16.3 Å². The second kappa shape index (κ2) is 6.69. The molecule has 0 saturated carbocycles. The van der Waals surface area contributed by atoms with Crippen LogP contribution in [0, 0.1) is 0 Å². The molecule has 0 atom stereocenters. The highest BCUT2D eigenvalue weighted by molar-refractivity contribution is 9.10. The van der Waals surface area contributed by atoms with Crippen molar-refractivity contribution in [3.8, 4) is 0 Å². The number of nitrogens with zero attached hydrogens (tertiary/aromatic N) is 2. The molecule has 0 amide bonds. The fourth-order valence-electron chi connectivity index (χ4n) is 1.60. The maximum atomic E-state index is 12.5. The number of rotatable bonds is 5. The van der Waals surface area contributed by atoms with Gasteiger partial charge >= 0.3 is 0 Å². The molecular weight excluding hydrogens is 382 g/mol. The summed E-state index contributed by atoms with van der Waals surface area (Å²) in [6.07, 6.45) is 2.85. The van der Waals surface area contributed by atoms with E-state index in [1.165, 1.54) is 31.6 Å². The molecule has 2 aromatic heterocycles. The summed E-state index contributed by atoms with van der Waals surface area (Å²) in [7, 11) is -2.37. The van der Waals surface area contributed by atoms with Crippen molar-refractivity contribution < 1.29 is 13.2 Å². The van der Waals surface area contributed by atoms with Gasteiger partial charge in [-0.1, -0.05) is 11.6 Å². The Morgan fingerprint density at radius 1 is 1.38 bits per heavy atom.